The molecule has 0 aromatic heterocycles. The number of carbonyl (C=O) groups is 2. The number of ether oxygens (including phenoxy) is 3. The Balaban J connectivity index is 1.22. The number of aliphatic hydroxyl groups is 1. The number of aliphatic hydroxyl groups excluding tert-OH is 1. The van der Waals surface area contributed by atoms with E-state index in [2.05, 4.69) is 40.5 Å². The van der Waals surface area contributed by atoms with Gasteiger partial charge in [0, 0.05) is 51.0 Å². The van der Waals surface area contributed by atoms with Gasteiger partial charge in [-0.3, -0.25) is 14.5 Å². The molecule has 0 saturated carbocycles. The summed E-state index contributed by atoms with van der Waals surface area (Å²) in [6.07, 6.45) is 3.78. The lowest BCUT2D eigenvalue weighted by molar-refractivity contribution is -0.253. The van der Waals surface area contributed by atoms with Crippen LogP contribution in [0.3, 0.4) is 0 Å². The zero-order valence-corrected chi connectivity index (χ0v) is 26.4. The molecule has 3 aromatic carbocycles. The number of nitrogens with one attached hydrogen (secondary N) is 1. The molecule has 0 spiro atoms. The largest absolute Gasteiger partial charge is 0.481 e. The topological polar surface area (TPSA) is 118 Å². The molecule has 0 bridgehead atoms. The zero-order chi connectivity index (χ0) is 32.1. The van der Waals surface area contributed by atoms with Gasteiger partial charge in [-0.05, 0) is 40.7 Å². The van der Waals surface area contributed by atoms with E-state index in [4.69, 9.17) is 19.3 Å². The van der Waals surface area contributed by atoms with Crippen LogP contribution in [0.5, 0.6) is 0 Å². The molecule has 5 rings (SSSR count). The Labute approximate surface area is 271 Å². The lowest BCUT2D eigenvalue weighted by Crippen LogP contribution is -2.44. The van der Waals surface area contributed by atoms with Crippen molar-refractivity contribution in [2.75, 3.05) is 32.8 Å². The fourth-order valence-electron chi connectivity index (χ4n) is 6.08. The number of aliphatic carboxylic acids is 1. The van der Waals surface area contributed by atoms with Gasteiger partial charge in [0.1, 0.15) is 0 Å². The highest BCUT2D eigenvalue weighted by atomic mass is 16.7. The predicted octanol–water partition coefficient (Wildman–Crippen LogP) is 5.76. The van der Waals surface area contributed by atoms with Crippen LogP contribution in [-0.4, -0.2) is 65.9 Å². The van der Waals surface area contributed by atoms with Gasteiger partial charge in [-0.1, -0.05) is 85.6 Å². The smallest absolute Gasteiger partial charge is 0.303 e. The Morgan fingerprint density at radius 1 is 0.826 bits per heavy atom. The van der Waals surface area contributed by atoms with E-state index in [1.165, 1.54) is 0 Å². The summed E-state index contributed by atoms with van der Waals surface area (Å²) in [4.78, 5) is 25.5. The average molecular weight is 631 g/mol. The first kappa shape index (κ1) is 33.8. The van der Waals surface area contributed by atoms with Gasteiger partial charge in [-0.15, -0.1) is 0 Å². The van der Waals surface area contributed by atoms with Gasteiger partial charge in [0.05, 0.1) is 32.0 Å². The van der Waals surface area contributed by atoms with Crippen molar-refractivity contribution in [3.63, 3.8) is 0 Å². The number of nitrogens with zero attached hydrogens (tertiary/aromatic N) is 1. The van der Waals surface area contributed by atoms with Crippen molar-refractivity contribution in [2.45, 2.75) is 76.6 Å². The molecule has 2 saturated heterocycles. The Morgan fingerprint density at radius 2 is 1.52 bits per heavy atom. The fraction of sp³-hybridized carbons (Fsp3) is 0.459. The maximum atomic E-state index is 12.5. The number of unbranched alkanes of at least 4 members (excludes halogenated alkanes) is 3. The summed E-state index contributed by atoms with van der Waals surface area (Å²) in [5, 5.41) is 21.3. The number of morpholine rings is 1. The monoisotopic (exact) mass is 630 g/mol. The highest BCUT2D eigenvalue weighted by Crippen LogP contribution is 2.39. The molecule has 2 aliphatic heterocycles. The third-order valence-corrected chi connectivity index (χ3v) is 8.71. The number of amides is 1. The third-order valence-electron chi connectivity index (χ3n) is 8.71. The van der Waals surface area contributed by atoms with Gasteiger partial charge < -0.3 is 29.7 Å². The van der Waals surface area contributed by atoms with E-state index in [1.54, 1.807) is 0 Å². The van der Waals surface area contributed by atoms with E-state index in [-0.39, 0.29) is 31.1 Å². The first-order valence-electron chi connectivity index (χ1n) is 16.5. The molecule has 3 atom stereocenters. The Bertz CT molecular complexity index is 1390. The molecule has 0 radical (unpaired) electrons. The third kappa shape index (κ3) is 9.95. The molecule has 246 valence electrons. The standard InChI is InChI=1S/C37H46N2O7/c40-26-27-11-13-29(14-12-27)34-23-32(25-39-19-21-44-22-20-39)45-37(46-34)30-17-15-28(16-18-30)33-8-6-5-7-31(33)24-38-35(41)9-3-1-2-4-10-36(42)43/h5-8,11-18,32,34,37,40H,1-4,9-10,19-26H2,(H,38,41)(H,42,43)/t32-,34+,37+/m0/s1. The van der Waals surface area contributed by atoms with E-state index in [9.17, 15) is 14.7 Å². The van der Waals surface area contributed by atoms with Gasteiger partial charge in [0.2, 0.25) is 5.91 Å². The van der Waals surface area contributed by atoms with Crippen molar-refractivity contribution in [1.82, 2.24) is 10.2 Å². The zero-order valence-electron chi connectivity index (χ0n) is 26.4. The molecular weight excluding hydrogens is 584 g/mol. The molecule has 2 aliphatic rings. The molecule has 2 heterocycles. The first-order valence-corrected chi connectivity index (χ1v) is 16.5. The molecule has 1 amide bonds. The van der Waals surface area contributed by atoms with Crippen LogP contribution in [0.25, 0.3) is 11.1 Å². The fourth-order valence-corrected chi connectivity index (χ4v) is 6.08. The maximum Gasteiger partial charge on any atom is 0.303 e. The van der Waals surface area contributed by atoms with Gasteiger partial charge in [0.15, 0.2) is 6.29 Å². The number of rotatable bonds is 15. The van der Waals surface area contributed by atoms with Crippen molar-refractivity contribution < 1.29 is 34.0 Å². The molecule has 9 nitrogen and oxygen atoms in total. The van der Waals surface area contributed by atoms with Crippen molar-refractivity contribution in [2.24, 2.45) is 0 Å². The van der Waals surface area contributed by atoms with Crippen LogP contribution in [0.4, 0.5) is 0 Å². The minimum absolute atomic E-state index is 0.00201. The second-order valence-corrected chi connectivity index (χ2v) is 12.1. The van der Waals surface area contributed by atoms with Crippen LogP contribution in [0.2, 0.25) is 0 Å². The average Bonchev–Trinajstić information content (AvgIpc) is 3.09. The predicted molar refractivity (Wildman–Crippen MR) is 175 cm³/mol. The highest BCUT2D eigenvalue weighted by molar-refractivity contribution is 5.76. The molecule has 9 heteroatoms. The van der Waals surface area contributed by atoms with Crippen molar-refractivity contribution in [3.05, 3.63) is 95.1 Å². The first-order chi connectivity index (χ1) is 22.5. The van der Waals surface area contributed by atoms with Crippen molar-refractivity contribution >= 4 is 11.9 Å². The summed E-state index contributed by atoms with van der Waals surface area (Å²) in [7, 11) is 0. The van der Waals surface area contributed by atoms with Crippen LogP contribution < -0.4 is 5.32 Å². The number of carboxylic acids is 1. The number of carbonyl (C=O) groups excluding carboxylic acids is 1. The quantitative estimate of drug-likeness (QED) is 0.181. The lowest BCUT2D eigenvalue weighted by atomic mass is 9.97. The summed E-state index contributed by atoms with van der Waals surface area (Å²) in [6.45, 7) is 4.52. The number of benzene rings is 3. The highest BCUT2D eigenvalue weighted by Gasteiger charge is 2.33. The summed E-state index contributed by atoms with van der Waals surface area (Å²) in [5.41, 5.74) is 6.03. The van der Waals surface area contributed by atoms with Crippen LogP contribution in [0.1, 0.15) is 79.6 Å². The summed E-state index contributed by atoms with van der Waals surface area (Å²) in [5.74, 6) is -0.771. The van der Waals surface area contributed by atoms with E-state index >= 15 is 0 Å². The SMILES string of the molecule is O=C(O)CCCCCCC(=O)NCc1ccccc1-c1ccc([C@@H]2O[C@H](CN3CCOCC3)C[C@H](c3ccc(CO)cc3)O2)cc1. The van der Waals surface area contributed by atoms with E-state index < -0.39 is 12.3 Å². The summed E-state index contributed by atoms with van der Waals surface area (Å²) >= 11 is 0. The normalized spacial score (nSPS) is 20.3. The van der Waals surface area contributed by atoms with Crippen LogP contribution >= 0.6 is 0 Å². The molecule has 3 N–H and O–H groups in total. The van der Waals surface area contributed by atoms with Gasteiger partial charge in [-0.25, -0.2) is 0 Å². The number of hydrogen-bond acceptors (Lipinski definition) is 7. The Morgan fingerprint density at radius 3 is 2.24 bits per heavy atom. The molecule has 0 aliphatic carbocycles. The minimum atomic E-state index is -0.773. The summed E-state index contributed by atoms with van der Waals surface area (Å²) < 4.78 is 18.6. The van der Waals surface area contributed by atoms with Gasteiger partial charge >= 0.3 is 5.97 Å². The molecule has 2 fully saturated rings. The van der Waals surface area contributed by atoms with E-state index in [0.29, 0.717) is 19.4 Å². The second kappa shape index (κ2) is 17.4. The Kier molecular flexibility index (Phi) is 12.7. The molecule has 3 aromatic rings. The van der Waals surface area contributed by atoms with Crippen LogP contribution in [0.15, 0.2) is 72.8 Å². The molecular formula is C37H46N2O7. The van der Waals surface area contributed by atoms with E-state index in [0.717, 1.165) is 91.9 Å². The molecule has 0 unspecified atom stereocenters. The van der Waals surface area contributed by atoms with E-state index in [1.807, 2.05) is 42.5 Å². The van der Waals surface area contributed by atoms with Crippen LogP contribution in [0, 0.1) is 0 Å². The number of hydrogen-bond donors (Lipinski definition) is 3. The lowest BCUT2D eigenvalue weighted by Gasteiger charge is -2.39. The maximum absolute atomic E-state index is 12.5. The minimum Gasteiger partial charge on any atom is -0.481 e. The van der Waals surface area contributed by atoms with Gasteiger partial charge in [0.25, 0.3) is 0 Å². The van der Waals surface area contributed by atoms with Crippen LogP contribution in [-0.2, 0) is 37.0 Å². The van der Waals surface area contributed by atoms with Gasteiger partial charge in [-0.2, -0.15) is 0 Å². The number of carboxylic acid groups (broad SMARTS) is 1. The van der Waals surface area contributed by atoms with Crippen molar-refractivity contribution in [3.8, 4) is 11.1 Å². The molecule has 46 heavy (non-hydrogen) atoms. The Hall–Kier alpha value is -3.60. The summed E-state index contributed by atoms with van der Waals surface area (Å²) in [6, 6.07) is 24.3. The van der Waals surface area contributed by atoms with Crippen molar-refractivity contribution in [1.29, 1.82) is 0 Å². The second-order valence-electron chi connectivity index (χ2n) is 12.1.